The molecule has 0 unspecified atom stereocenters. The van der Waals surface area contributed by atoms with E-state index in [0.29, 0.717) is 12.3 Å². The van der Waals surface area contributed by atoms with Crippen molar-refractivity contribution in [3.05, 3.63) is 59.1 Å². The van der Waals surface area contributed by atoms with Crippen molar-refractivity contribution in [1.29, 1.82) is 0 Å². The van der Waals surface area contributed by atoms with Crippen LogP contribution in [0.3, 0.4) is 0 Å². The lowest BCUT2D eigenvalue weighted by Gasteiger charge is -2.21. The van der Waals surface area contributed by atoms with Gasteiger partial charge in [0, 0.05) is 6.26 Å². The van der Waals surface area contributed by atoms with Crippen molar-refractivity contribution in [3.63, 3.8) is 0 Å². The molecule has 2 rings (SSSR count). The van der Waals surface area contributed by atoms with Gasteiger partial charge in [-0.2, -0.15) is 0 Å². The van der Waals surface area contributed by atoms with Crippen LogP contribution >= 0.6 is 11.6 Å². The van der Waals surface area contributed by atoms with Crippen molar-refractivity contribution in [1.82, 2.24) is 5.32 Å². The number of hydrogen-bond donors (Lipinski definition) is 2. The standard InChI is InChI=1S/C20H23ClN2O4S/c1-13(2)11-17(14-7-5-4-6-8-14)22-19(24)20(25)23-18-12-15(28(3,26)27)9-10-16(18)21/h4-10,12-13,17H,11H2,1-3H3,(H,22,24)(H,23,25)/t17-/m1/s1. The van der Waals surface area contributed by atoms with Gasteiger partial charge in [-0.25, -0.2) is 8.42 Å². The molecule has 0 aliphatic heterocycles. The zero-order valence-corrected chi connectivity index (χ0v) is 17.5. The topological polar surface area (TPSA) is 92.3 Å². The van der Waals surface area contributed by atoms with Gasteiger partial charge in [0.15, 0.2) is 9.84 Å². The Balaban J connectivity index is 2.16. The number of anilines is 1. The number of halogens is 1. The molecule has 150 valence electrons. The smallest absolute Gasteiger partial charge is 0.313 e. The molecule has 0 bridgehead atoms. The summed E-state index contributed by atoms with van der Waals surface area (Å²) in [4.78, 5) is 24.8. The Morgan fingerprint density at radius 2 is 1.68 bits per heavy atom. The minimum absolute atomic E-state index is 0.00502. The van der Waals surface area contributed by atoms with Gasteiger partial charge in [0.25, 0.3) is 0 Å². The summed E-state index contributed by atoms with van der Waals surface area (Å²) in [5, 5.41) is 5.26. The number of nitrogens with one attached hydrogen (secondary N) is 2. The number of benzene rings is 2. The van der Waals surface area contributed by atoms with E-state index in [2.05, 4.69) is 10.6 Å². The van der Waals surface area contributed by atoms with E-state index >= 15 is 0 Å². The fraction of sp³-hybridized carbons (Fsp3) is 0.300. The first kappa shape index (κ1) is 21.9. The highest BCUT2D eigenvalue weighted by molar-refractivity contribution is 7.90. The maximum atomic E-state index is 12.4. The monoisotopic (exact) mass is 422 g/mol. The molecule has 28 heavy (non-hydrogen) atoms. The van der Waals surface area contributed by atoms with Gasteiger partial charge in [-0.1, -0.05) is 55.8 Å². The van der Waals surface area contributed by atoms with Crippen LogP contribution in [-0.4, -0.2) is 26.5 Å². The number of carbonyl (C=O) groups is 2. The van der Waals surface area contributed by atoms with Gasteiger partial charge in [-0.3, -0.25) is 9.59 Å². The Bertz CT molecular complexity index is 959. The Morgan fingerprint density at radius 3 is 2.25 bits per heavy atom. The summed E-state index contributed by atoms with van der Waals surface area (Å²) in [6.45, 7) is 4.05. The van der Waals surface area contributed by atoms with Gasteiger partial charge >= 0.3 is 11.8 Å². The molecule has 0 saturated carbocycles. The van der Waals surface area contributed by atoms with Crippen LogP contribution in [0.15, 0.2) is 53.4 Å². The molecule has 1 atom stereocenters. The van der Waals surface area contributed by atoms with Crippen molar-refractivity contribution >= 4 is 38.9 Å². The number of carbonyl (C=O) groups excluding carboxylic acids is 2. The van der Waals surface area contributed by atoms with Crippen LogP contribution in [0, 0.1) is 5.92 Å². The van der Waals surface area contributed by atoms with E-state index in [1.54, 1.807) is 0 Å². The third kappa shape index (κ3) is 6.07. The van der Waals surface area contributed by atoms with Crippen LogP contribution in [0.5, 0.6) is 0 Å². The molecule has 6 nitrogen and oxygen atoms in total. The molecule has 2 aromatic carbocycles. The van der Waals surface area contributed by atoms with Crippen molar-refractivity contribution < 1.29 is 18.0 Å². The number of sulfone groups is 1. The fourth-order valence-corrected chi connectivity index (χ4v) is 3.48. The van der Waals surface area contributed by atoms with E-state index in [9.17, 15) is 18.0 Å². The summed E-state index contributed by atoms with van der Waals surface area (Å²) in [7, 11) is -3.48. The summed E-state index contributed by atoms with van der Waals surface area (Å²) in [5.41, 5.74) is 0.958. The average molecular weight is 423 g/mol. The molecule has 0 fully saturated rings. The minimum atomic E-state index is -3.48. The second-order valence-electron chi connectivity index (χ2n) is 6.93. The SMILES string of the molecule is CC(C)C[C@@H](NC(=O)C(=O)Nc1cc(S(C)(=O)=O)ccc1Cl)c1ccccc1. The van der Waals surface area contributed by atoms with E-state index in [1.807, 2.05) is 44.2 Å². The largest absolute Gasteiger partial charge is 0.341 e. The third-order valence-electron chi connectivity index (χ3n) is 4.03. The molecule has 2 amide bonds. The lowest BCUT2D eigenvalue weighted by atomic mass is 9.97. The van der Waals surface area contributed by atoms with Gasteiger partial charge in [-0.15, -0.1) is 0 Å². The summed E-state index contributed by atoms with van der Waals surface area (Å²) in [6.07, 6.45) is 1.71. The zero-order valence-electron chi connectivity index (χ0n) is 15.9. The highest BCUT2D eigenvalue weighted by atomic mass is 35.5. The van der Waals surface area contributed by atoms with Crippen LogP contribution in [0.2, 0.25) is 5.02 Å². The van der Waals surface area contributed by atoms with Gasteiger partial charge in [0.2, 0.25) is 0 Å². The minimum Gasteiger partial charge on any atom is -0.341 e. The predicted octanol–water partition coefficient (Wildman–Crippen LogP) is 3.59. The Morgan fingerprint density at radius 1 is 1.04 bits per heavy atom. The van der Waals surface area contributed by atoms with E-state index in [0.717, 1.165) is 11.8 Å². The van der Waals surface area contributed by atoms with Crippen molar-refractivity contribution in [3.8, 4) is 0 Å². The summed E-state index contributed by atoms with van der Waals surface area (Å²) < 4.78 is 23.4. The Hall–Kier alpha value is -2.38. The molecular weight excluding hydrogens is 400 g/mol. The summed E-state index contributed by atoms with van der Waals surface area (Å²) in [6, 6.07) is 13.0. The molecule has 8 heteroatoms. The first-order valence-electron chi connectivity index (χ1n) is 8.74. The van der Waals surface area contributed by atoms with Crippen molar-refractivity contribution in [2.75, 3.05) is 11.6 Å². The highest BCUT2D eigenvalue weighted by Gasteiger charge is 2.22. The molecule has 2 N–H and O–H groups in total. The lowest BCUT2D eigenvalue weighted by Crippen LogP contribution is -2.38. The summed E-state index contributed by atoms with van der Waals surface area (Å²) in [5.74, 6) is -1.44. The maximum Gasteiger partial charge on any atom is 0.313 e. The zero-order chi connectivity index (χ0) is 20.9. The van der Waals surface area contributed by atoms with Gasteiger partial charge in [0.05, 0.1) is 21.6 Å². The van der Waals surface area contributed by atoms with E-state index < -0.39 is 21.7 Å². The normalized spacial score (nSPS) is 12.5. The molecule has 0 spiro atoms. The highest BCUT2D eigenvalue weighted by Crippen LogP contribution is 2.25. The van der Waals surface area contributed by atoms with Gasteiger partial charge in [0.1, 0.15) is 0 Å². The van der Waals surface area contributed by atoms with E-state index in [1.165, 1.54) is 18.2 Å². The number of rotatable bonds is 6. The lowest BCUT2D eigenvalue weighted by molar-refractivity contribution is -0.136. The van der Waals surface area contributed by atoms with Crippen LogP contribution in [0.25, 0.3) is 0 Å². The molecule has 0 radical (unpaired) electrons. The molecule has 2 aromatic rings. The molecule has 0 aliphatic rings. The fourth-order valence-electron chi connectivity index (χ4n) is 2.67. The Kier molecular flexibility index (Phi) is 7.21. The number of amides is 2. The van der Waals surface area contributed by atoms with E-state index in [4.69, 9.17) is 11.6 Å². The third-order valence-corrected chi connectivity index (χ3v) is 5.47. The second kappa shape index (κ2) is 9.21. The van der Waals surface area contributed by atoms with Crippen LogP contribution < -0.4 is 10.6 Å². The molecule has 0 heterocycles. The Labute approximate surface area is 170 Å². The predicted molar refractivity (Wildman–Crippen MR) is 110 cm³/mol. The van der Waals surface area contributed by atoms with Crippen molar-refractivity contribution in [2.45, 2.75) is 31.2 Å². The van der Waals surface area contributed by atoms with Crippen molar-refractivity contribution in [2.24, 2.45) is 5.92 Å². The van der Waals surface area contributed by atoms with Crippen LogP contribution in [0.4, 0.5) is 5.69 Å². The molecule has 0 aliphatic carbocycles. The first-order chi connectivity index (χ1) is 13.1. The number of hydrogen-bond acceptors (Lipinski definition) is 4. The molecule has 0 aromatic heterocycles. The van der Waals surface area contributed by atoms with Crippen LogP contribution in [-0.2, 0) is 19.4 Å². The first-order valence-corrected chi connectivity index (χ1v) is 11.0. The second-order valence-corrected chi connectivity index (χ2v) is 9.36. The molecular formula is C20H23ClN2O4S. The van der Waals surface area contributed by atoms with Gasteiger partial charge in [-0.05, 0) is 36.1 Å². The van der Waals surface area contributed by atoms with E-state index in [-0.39, 0.29) is 21.6 Å². The maximum absolute atomic E-state index is 12.4. The average Bonchev–Trinajstić information content (AvgIpc) is 2.62. The molecule has 0 saturated heterocycles. The summed E-state index contributed by atoms with van der Waals surface area (Å²) >= 11 is 6.02. The van der Waals surface area contributed by atoms with Crippen LogP contribution in [0.1, 0.15) is 31.9 Å². The quantitative estimate of drug-likeness (QED) is 0.696. The van der Waals surface area contributed by atoms with Gasteiger partial charge < -0.3 is 10.6 Å².